The first-order valence-electron chi connectivity index (χ1n) is 24.3. The number of aliphatic hydroxyl groups excluding tert-OH is 11. The zero-order valence-corrected chi connectivity index (χ0v) is 39.1. The van der Waals surface area contributed by atoms with Crippen LogP contribution in [0.25, 0.3) is 0 Å². The second-order valence-electron chi connectivity index (χ2n) is 23.2. The minimum absolute atomic E-state index is 0.0248. The van der Waals surface area contributed by atoms with Crippen molar-refractivity contribution in [3.63, 3.8) is 0 Å². The summed E-state index contributed by atoms with van der Waals surface area (Å²) >= 11 is 0. The molecule has 65 heavy (non-hydrogen) atoms. The van der Waals surface area contributed by atoms with Crippen LogP contribution in [0.15, 0.2) is 0 Å². The molecule has 2 spiro atoms. The molecule has 0 unspecified atom stereocenters. The molecule has 3 heterocycles. The maximum Gasteiger partial charge on any atom is 0.186 e. The summed E-state index contributed by atoms with van der Waals surface area (Å²) in [6, 6.07) is 0. The maximum atomic E-state index is 11.5. The summed E-state index contributed by atoms with van der Waals surface area (Å²) in [5.74, 6) is 0.220. The zero-order chi connectivity index (χ0) is 47.6. The van der Waals surface area contributed by atoms with Crippen LogP contribution in [0.4, 0.5) is 0 Å². The van der Waals surface area contributed by atoms with Crippen molar-refractivity contribution in [2.75, 3.05) is 19.8 Å². The van der Waals surface area contributed by atoms with Gasteiger partial charge in [-0.3, -0.25) is 0 Å². The lowest BCUT2D eigenvalue weighted by Crippen LogP contribution is -2.61. The van der Waals surface area contributed by atoms with Crippen molar-refractivity contribution in [2.45, 2.75) is 223 Å². The van der Waals surface area contributed by atoms with Crippen molar-refractivity contribution in [3.8, 4) is 0 Å². The van der Waals surface area contributed by atoms with E-state index >= 15 is 0 Å². The second kappa shape index (κ2) is 17.8. The van der Waals surface area contributed by atoms with Gasteiger partial charge in [-0.25, -0.2) is 0 Å². The van der Waals surface area contributed by atoms with Crippen LogP contribution in [-0.4, -0.2) is 191 Å². The van der Waals surface area contributed by atoms with Gasteiger partial charge in [-0.15, -0.1) is 0 Å². The summed E-state index contributed by atoms with van der Waals surface area (Å²) in [5.41, 5.74) is -2.66. The van der Waals surface area contributed by atoms with Crippen LogP contribution in [0, 0.1) is 50.7 Å². The molecule has 8 fully saturated rings. The highest BCUT2D eigenvalue weighted by atomic mass is 16.7. The number of hydrogen-bond donors (Lipinski definition) is 12. The molecular weight excluding hydrogens is 852 g/mol. The lowest BCUT2D eigenvalue weighted by atomic mass is 9.41. The van der Waals surface area contributed by atoms with Gasteiger partial charge in [0, 0.05) is 5.41 Å². The minimum atomic E-state index is -1.69. The molecule has 0 amide bonds. The van der Waals surface area contributed by atoms with E-state index in [1.54, 1.807) is 13.8 Å². The Balaban J connectivity index is 1.04. The summed E-state index contributed by atoms with van der Waals surface area (Å²) < 4.78 is 36.6. The molecule has 26 atom stereocenters. The third-order valence-corrected chi connectivity index (χ3v) is 19.5. The summed E-state index contributed by atoms with van der Waals surface area (Å²) in [6.07, 6.45) is -13.9. The molecule has 0 bridgehead atoms. The number of fused-ring (bicyclic) bond motifs is 2. The van der Waals surface area contributed by atoms with Gasteiger partial charge < -0.3 is 89.7 Å². The Morgan fingerprint density at radius 3 is 2.00 bits per heavy atom. The molecule has 3 aliphatic heterocycles. The molecule has 12 N–H and O–H groups in total. The monoisotopic (exact) mass is 933 g/mol. The van der Waals surface area contributed by atoms with E-state index in [-0.39, 0.29) is 58.5 Å². The van der Waals surface area contributed by atoms with Crippen LogP contribution in [-0.2, 0) is 28.4 Å². The predicted molar refractivity (Wildman–Crippen MR) is 227 cm³/mol. The fourth-order valence-corrected chi connectivity index (χ4v) is 15.5. The molecule has 8 aliphatic rings. The maximum absolute atomic E-state index is 11.5. The zero-order valence-electron chi connectivity index (χ0n) is 39.1. The van der Waals surface area contributed by atoms with Crippen molar-refractivity contribution >= 4 is 0 Å². The molecule has 5 aliphatic carbocycles. The van der Waals surface area contributed by atoms with Gasteiger partial charge in [-0.2, -0.15) is 0 Å². The third kappa shape index (κ3) is 8.01. The van der Waals surface area contributed by atoms with Crippen molar-refractivity contribution in [1.82, 2.24) is 0 Å². The molecule has 0 radical (unpaired) electrons. The largest absolute Gasteiger partial charge is 0.396 e. The van der Waals surface area contributed by atoms with Gasteiger partial charge in [-0.05, 0) is 130 Å². The molecule has 18 nitrogen and oxygen atoms in total. The number of rotatable bonds is 13. The Bertz CT molecular complexity index is 1670. The minimum Gasteiger partial charge on any atom is -0.396 e. The summed E-state index contributed by atoms with van der Waals surface area (Å²) in [6.45, 7) is 12.9. The van der Waals surface area contributed by atoms with E-state index in [1.165, 1.54) is 6.92 Å². The van der Waals surface area contributed by atoms with Crippen molar-refractivity contribution in [3.05, 3.63) is 0 Å². The Kier molecular flexibility index (Phi) is 13.9. The van der Waals surface area contributed by atoms with E-state index in [9.17, 15) is 61.3 Å². The van der Waals surface area contributed by atoms with E-state index in [4.69, 9.17) is 28.4 Å². The fraction of sp³-hybridized carbons (Fsp3) is 1.00. The fourth-order valence-electron chi connectivity index (χ4n) is 15.5. The van der Waals surface area contributed by atoms with Gasteiger partial charge in [0.1, 0.15) is 61.0 Å². The van der Waals surface area contributed by atoms with Gasteiger partial charge >= 0.3 is 0 Å². The van der Waals surface area contributed by atoms with Crippen LogP contribution in [0.1, 0.15) is 113 Å². The molecule has 18 heteroatoms. The summed E-state index contributed by atoms with van der Waals surface area (Å²) in [7, 11) is 0. The van der Waals surface area contributed by atoms with E-state index in [0.29, 0.717) is 25.7 Å². The number of ether oxygens (including phenoxy) is 6. The Morgan fingerprint density at radius 1 is 0.692 bits per heavy atom. The quantitative estimate of drug-likeness (QED) is 0.103. The third-order valence-electron chi connectivity index (χ3n) is 19.5. The highest BCUT2D eigenvalue weighted by Gasteiger charge is 2.83. The molecule has 8 rings (SSSR count). The topological polar surface area (TPSA) is 298 Å². The normalized spacial score (nSPS) is 55.3. The lowest BCUT2D eigenvalue weighted by molar-refractivity contribution is -0.335. The van der Waals surface area contributed by atoms with Crippen LogP contribution in [0.5, 0.6) is 0 Å². The van der Waals surface area contributed by atoms with Crippen molar-refractivity contribution in [2.24, 2.45) is 50.7 Å². The van der Waals surface area contributed by atoms with E-state index in [0.717, 1.165) is 38.5 Å². The highest BCUT2D eigenvalue weighted by Crippen LogP contribution is 2.89. The van der Waals surface area contributed by atoms with Gasteiger partial charge in [-0.1, -0.05) is 27.7 Å². The number of hydrogen-bond acceptors (Lipinski definition) is 18. The average molecular weight is 933 g/mol. The first-order valence-corrected chi connectivity index (χ1v) is 24.3. The van der Waals surface area contributed by atoms with Gasteiger partial charge in [0.15, 0.2) is 18.9 Å². The molecule has 3 saturated heterocycles. The van der Waals surface area contributed by atoms with E-state index in [1.807, 2.05) is 0 Å². The van der Waals surface area contributed by atoms with Crippen LogP contribution >= 0.6 is 0 Å². The van der Waals surface area contributed by atoms with Crippen LogP contribution < -0.4 is 0 Å². The second-order valence-corrected chi connectivity index (χ2v) is 23.2. The Morgan fingerprint density at radius 2 is 1.32 bits per heavy atom. The predicted octanol–water partition coefficient (Wildman–Crippen LogP) is -0.583. The summed E-state index contributed by atoms with van der Waals surface area (Å²) in [5, 5.41) is 129. The molecule has 376 valence electrons. The Hall–Kier alpha value is -0.720. The van der Waals surface area contributed by atoms with Crippen LogP contribution in [0.3, 0.4) is 0 Å². The van der Waals surface area contributed by atoms with Gasteiger partial charge in [0.05, 0.1) is 49.8 Å². The van der Waals surface area contributed by atoms with Crippen molar-refractivity contribution < 1.29 is 89.7 Å². The number of aliphatic hydroxyl groups is 12. The van der Waals surface area contributed by atoms with Gasteiger partial charge in [0.25, 0.3) is 0 Å². The molecule has 0 aromatic heterocycles. The molecular formula is C47H80O18. The molecule has 5 saturated carbocycles. The average Bonchev–Trinajstić information content (AvgIpc) is 3.86. The SMILES string of the molecule is C[C@H](CC[C@H](O)C(C)(C)O)[C@H]1[C@@H](O[C@H]2O[C@H](CO[C@@H]3O[C@@H](C)[C@H](O)[C@H](O)[C@H]3O)[C@H](O)[C@@H](O)[C@@H]2O)C[C@@]2(C)[C@@H]3CC[C@H]4[C@](C)(CO)[C@@H](O[C@@H]5OC[C@H](O)[C@H](O)[C@@H]5O)CC[C@@]45C[C@@]35CC[C@]12C. The lowest BCUT2D eigenvalue weighted by Gasteiger charge is -2.63. The summed E-state index contributed by atoms with van der Waals surface area (Å²) in [4.78, 5) is 0. The first-order chi connectivity index (χ1) is 30.3. The van der Waals surface area contributed by atoms with E-state index in [2.05, 4.69) is 27.7 Å². The van der Waals surface area contributed by atoms with E-state index < -0.39 is 122 Å². The smallest absolute Gasteiger partial charge is 0.186 e. The van der Waals surface area contributed by atoms with Crippen molar-refractivity contribution in [1.29, 1.82) is 0 Å². The first kappa shape index (κ1) is 50.7. The van der Waals surface area contributed by atoms with Crippen LogP contribution in [0.2, 0.25) is 0 Å². The standard InChI is InChI=1S/C47H80O18/c1-21(8-11-28(50)42(3,4)59)30-24(63-41-38(58)35(55)33(53)25(64-41)18-61-39-37(57)34(54)31(51)22(2)62-39)16-45(7)27-10-9-26-43(5,20-48)29(65-40-36(56)32(52)23(49)17-60-40)12-13-46(26)19-47(27,46)15-14-44(30,45)6/h21-41,48-59H,8-20H2,1-7H3/t21-,22+,23+,24+,25-,26+,27+,28+,29+,30+,31+,32+,33+,34+,35-,36+,37-,38+,39-,40+,41+,43+,44-,45+,46-,47+/m1/s1. The molecule has 0 aromatic carbocycles. The Labute approximate surface area is 382 Å². The van der Waals surface area contributed by atoms with Gasteiger partial charge in [0.2, 0.25) is 0 Å². The highest BCUT2D eigenvalue weighted by molar-refractivity contribution is 5.31. The molecule has 0 aromatic rings.